The van der Waals surface area contributed by atoms with Crippen LogP contribution in [0.4, 0.5) is 0 Å². The molecule has 88 valence electrons. The van der Waals surface area contributed by atoms with Crippen LogP contribution in [0, 0.1) is 12.8 Å². The summed E-state index contributed by atoms with van der Waals surface area (Å²) in [5.74, 6) is 0.336. The fraction of sp³-hybridized carbons (Fsp3) is 0.667. The molecule has 1 aliphatic heterocycles. The Hall–Kier alpha value is -1.32. The van der Waals surface area contributed by atoms with Crippen LogP contribution in [0.5, 0.6) is 0 Å². The number of hydrogen-bond acceptors (Lipinski definition) is 2. The van der Waals surface area contributed by atoms with Gasteiger partial charge in [-0.05, 0) is 32.8 Å². The Morgan fingerprint density at radius 3 is 3.12 bits per heavy atom. The Bertz CT molecular complexity index is 384. The summed E-state index contributed by atoms with van der Waals surface area (Å²) >= 11 is 0. The molecule has 0 spiro atoms. The average molecular weight is 221 g/mol. The molecule has 0 aliphatic carbocycles. The maximum atomic E-state index is 11.7. The zero-order valence-electron chi connectivity index (χ0n) is 9.99. The lowest BCUT2D eigenvalue weighted by molar-refractivity contribution is -0.126. The summed E-state index contributed by atoms with van der Waals surface area (Å²) in [6.45, 7) is 5.78. The number of piperidine rings is 1. The first-order chi connectivity index (χ1) is 7.70. The predicted octanol–water partition coefficient (Wildman–Crippen LogP) is 1.28. The van der Waals surface area contributed by atoms with Crippen LogP contribution in [0.1, 0.15) is 31.2 Å². The molecule has 0 radical (unpaired) electrons. The summed E-state index contributed by atoms with van der Waals surface area (Å²) in [5.41, 5.74) is 2.22. The molecule has 16 heavy (non-hydrogen) atoms. The van der Waals surface area contributed by atoms with Gasteiger partial charge in [0.15, 0.2) is 0 Å². The van der Waals surface area contributed by atoms with Crippen molar-refractivity contribution in [2.24, 2.45) is 5.92 Å². The summed E-state index contributed by atoms with van der Waals surface area (Å²) in [7, 11) is 0. The van der Waals surface area contributed by atoms with Gasteiger partial charge in [0, 0.05) is 31.1 Å². The maximum absolute atomic E-state index is 11.7. The zero-order valence-corrected chi connectivity index (χ0v) is 9.99. The van der Waals surface area contributed by atoms with Crippen molar-refractivity contribution in [2.45, 2.75) is 39.7 Å². The molecule has 1 atom stereocenters. The molecule has 1 amide bonds. The number of aryl methyl sites for hydroxylation is 2. The molecule has 1 N–H and O–H groups in total. The summed E-state index contributed by atoms with van der Waals surface area (Å²) in [5, 5.41) is 7.33. The Labute approximate surface area is 96.0 Å². The van der Waals surface area contributed by atoms with Crippen LogP contribution in [0.2, 0.25) is 0 Å². The standard InChI is InChI=1S/C12H19N3O/c1-3-15-11(7-9(2)14-15)8-10-5-4-6-13-12(10)16/h7,10H,3-6,8H2,1-2H3,(H,13,16). The maximum Gasteiger partial charge on any atom is 0.223 e. The minimum Gasteiger partial charge on any atom is -0.356 e. The normalized spacial score (nSPS) is 20.9. The predicted molar refractivity (Wildman–Crippen MR) is 62.1 cm³/mol. The molecule has 2 heterocycles. The first-order valence-electron chi connectivity index (χ1n) is 6.01. The summed E-state index contributed by atoms with van der Waals surface area (Å²) in [6.07, 6.45) is 2.91. The van der Waals surface area contributed by atoms with E-state index in [9.17, 15) is 4.79 Å². The highest BCUT2D eigenvalue weighted by atomic mass is 16.1. The van der Waals surface area contributed by atoms with Crippen molar-refractivity contribution in [3.63, 3.8) is 0 Å². The number of nitrogens with zero attached hydrogens (tertiary/aromatic N) is 2. The highest BCUT2D eigenvalue weighted by Crippen LogP contribution is 2.18. The highest BCUT2D eigenvalue weighted by molar-refractivity contribution is 5.79. The van der Waals surface area contributed by atoms with Crippen LogP contribution in [0.3, 0.4) is 0 Å². The van der Waals surface area contributed by atoms with Gasteiger partial charge in [-0.3, -0.25) is 9.48 Å². The van der Waals surface area contributed by atoms with E-state index in [2.05, 4.69) is 23.4 Å². The van der Waals surface area contributed by atoms with E-state index in [1.54, 1.807) is 0 Å². The third-order valence-corrected chi connectivity index (χ3v) is 3.14. The van der Waals surface area contributed by atoms with Gasteiger partial charge in [-0.15, -0.1) is 0 Å². The van der Waals surface area contributed by atoms with Crippen LogP contribution in [0.15, 0.2) is 6.07 Å². The van der Waals surface area contributed by atoms with Gasteiger partial charge in [0.05, 0.1) is 5.69 Å². The number of amides is 1. The van der Waals surface area contributed by atoms with E-state index in [1.165, 1.54) is 5.69 Å². The molecule has 1 aliphatic rings. The lowest BCUT2D eigenvalue weighted by atomic mass is 9.93. The fourth-order valence-electron chi connectivity index (χ4n) is 2.32. The minimum absolute atomic E-state index is 0.134. The van der Waals surface area contributed by atoms with E-state index >= 15 is 0 Å². The SMILES string of the molecule is CCn1nc(C)cc1CC1CCCNC1=O. The third kappa shape index (κ3) is 2.26. The molecular weight excluding hydrogens is 202 g/mol. The van der Waals surface area contributed by atoms with Crippen molar-refractivity contribution in [1.29, 1.82) is 0 Å². The van der Waals surface area contributed by atoms with E-state index in [1.807, 2.05) is 11.6 Å². The minimum atomic E-state index is 0.134. The Balaban J connectivity index is 2.09. The third-order valence-electron chi connectivity index (χ3n) is 3.14. The number of carbonyl (C=O) groups excluding carboxylic acids is 1. The van der Waals surface area contributed by atoms with Crippen LogP contribution in [-0.2, 0) is 17.8 Å². The molecule has 1 aromatic rings. The second-order valence-corrected chi connectivity index (χ2v) is 4.43. The zero-order chi connectivity index (χ0) is 11.5. The molecule has 1 fully saturated rings. The summed E-state index contributed by atoms with van der Waals surface area (Å²) in [4.78, 5) is 11.7. The Morgan fingerprint density at radius 1 is 1.62 bits per heavy atom. The van der Waals surface area contributed by atoms with E-state index in [-0.39, 0.29) is 11.8 Å². The fourth-order valence-corrected chi connectivity index (χ4v) is 2.32. The molecule has 0 saturated carbocycles. The Morgan fingerprint density at radius 2 is 2.44 bits per heavy atom. The quantitative estimate of drug-likeness (QED) is 0.835. The number of carbonyl (C=O) groups is 1. The molecule has 1 saturated heterocycles. The van der Waals surface area contributed by atoms with Crippen LogP contribution in [-0.4, -0.2) is 22.2 Å². The van der Waals surface area contributed by atoms with E-state index in [0.717, 1.165) is 38.0 Å². The van der Waals surface area contributed by atoms with Crippen LogP contribution < -0.4 is 5.32 Å². The van der Waals surface area contributed by atoms with Gasteiger partial charge >= 0.3 is 0 Å². The van der Waals surface area contributed by atoms with Crippen molar-refractivity contribution in [3.8, 4) is 0 Å². The first kappa shape index (κ1) is 11.2. The number of nitrogens with one attached hydrogen (secondary N) is 1. The lowest BCUT2D eigenvalue weighted by Crippen LogP contribution is -2.37. The van der Waals surface area contributed by atoms with Crippen molar-refractivity contribution < 1.29 is 4.79 Å². The van der Waals surface area contributed by atoms with Gasteiger partial charge in [-0.1, -0.05) is 0 Å². The van der Waals surface area contributed by atoms with E-state index in [0.29, 0.717) is 0 Å². The van der Waals surface area contributed by atoms with Gasteiger partial charge in [0.2, 0.25) is 5.91 Å². The van der Waals surface area contributed by atoms with E-state index < -0.39 is 0 Å². The molecule has 0 aromatic carbocycles. The second kappa shape index (κ2) is 4.68. The smallest absolute Gasteiger partial charge is 0.223 e. The van der Waals surface area contributed by atoms with Crippen molar-refractivity contribution >= 4 is 5.91 Å². The molecular formula is C12H19N3O. The number of aromatic nitrogens is 2. The van der Waals surface area contributed by atoms with Gasteiger partial charge in [-0.2, -0.15) is 5.10 Å². The monoisotopic (exact) mass is 221 g/mol. The molecule has 1 unspecified atom stereocenters. The van der Waals surface area contributed by atoms with Gasteiger partial charge < -0.3 is 5.32 Å². The molecule has 2 rings (SSSR count). The summed E-state index contributed by atoms with van der Waals surface area (Å²) < 4.78 is 2.00. The van der Waals surface area contributed by atoms with Gasteiger partial charge in [-0.25, -0.2) is 0 Å². The lowest BCUT2D eigenvalue weighted by Gasteiger charge is -2.21. The van der Waals surface area contributed by atoms with Crippen molar-refractivity contribution in [2.75, 3.05) is 6.54 Å². The molecule has 4 nitrogen and oxygen atoms in total. The van der Waals surface area contributed by atoms with Crippen LogP contribution >= 0.6 is 0 Å². The number of rotatable bonds is 3. The first-order valence-corrected chi connectivity index (χ1v) is 6.01. The molecule has 4 heteroatoms. The summed E-state index contributed by atoms with van der Waals surface area (Å²) in [6, 6.07) is 2.09. The second-order valence-electron chi connectivity index (χ2n) is 4.43. The van der Waals surface area contributed by atoms with Crippen LogP contribution in [0.25, 0.3) is 0 Å². The largest absolute Gasteiger partial charge is 0.356 e. The Kier molecular flexibility index (Phi) is 3.27. The average Bonchev–Trinajstić information content (AvgIpc) is 2.62. The number of hydrogen-bond donors (Lipinski definition) is 1. The van der Waals surface area contributed by atoms with Crippen molar-refractivity contribution in [3.05, 3.63) is 17.5 Å². The topological polar surface area (TPSA) is 46.9 Å². The van der Waals surface area contributed by atoms with Crippen molar-refractivity contribution in [1.82, 2.24) is 15.1 Å². The van der Waals surface area contributed by atoms with E-state index in [4.69, 9.17) is 0 Å². The molecule has 0 bridgehead atoms. The van der Waals surface area contributed by atoms with Gasteiger partial charge in [0.25, 0.3) is 0 Å². The van der Waals surface area contributed by atoms with Gasteiger partial charge in [0.1, 0.15) is 0 Å². The highest BCUT2D eigenvalue weighted by Gasteiger charge is 2.23. The molecule has 1 aromatic heterocycles.